The summed E-state index contributed by atoms with van der Waals surface area (Å²) in [7, 11) is 0. The molecule has 1 N–H and O–H groups in total. The van der Waals surface area contributed by atoms with Crippen molar-refractivity contribution in [3.8, 4) is 11.5 Å². The highest BCUT2D eigenvalue weighted by Gasteiger charge is 2.04. The fourth-order valence-corrected chi connectivity index (χ4v) is 0.956. The molecule has 1 rings (SSSR count). The molecular weight excluding hydrogens is 208 g/mol. The molecule has 0 aliphatic carbocycles. The van der Waals surface area contributed by atoms with Gasteiger partial charge in [0.05, 0.1) is 0 Å². The third-order valence-electron chi connectivity index (χ3n) is 1.65. The van der Waals surface area contributed by atoms with Crippen LogP contribution in [0.3, 0.4) is 0 Å². The molecule has 0 saturated heterocycles. The fourth-order valence-electron chi connectivity index (χ4n) is 0.956. The maximum atomic E-state index is 10.9. The van der Waals surface area contributed by atoms with Crippen LogP contribution in [0.5, 0.6) is 11.5 Å². The summed E-state index contributed by atoms with van der Waals surface area (Å²) in [5.74, 6) is 0.141. The smallest absolute Gasteiger partial charge is 0.335 e. The molecule has 1 aromatic carbocycles. The van der Waals surface area contributed by atoms with Gasteiger partial charge in [-0.15, -0.1) is 0 Å². The first-order chi connectivity index (χ1) is 7.65. The molecule has 1 atom stereocenters. The van der Waals surface area contributed by atoms with Crippen LogP contribution in [0.4, 0.5) is 0 Å². The highest BCUT2D eigenvalue weighted by molar-refractivity contribution is 5.83. The van der Waals surface area contributed by atoms with Gasteiger partial charge in [0.15, 0.2) is 0 Å². The van der Waals surface area contributed by atoms with E-state index in [1.807, 2.05) is 0 Å². The standard InChI is InChI=1S/C12H12O4/c1-3-11(13)15-9-6-5-7-10(8-9)16-12(14)4-2/h3-8,11,13H,1-2H2. The van der Waals surface area contributed by atoms with Crippen LogP contribution in [0.1, 0.15) is 0 Å². The maximum Gasteiger partial charge on any atom is 0.335 e. The lowest BCUT2D eigenvalue weighted by Crippen LogP contribution is -2.11. The number of rotatable bonds is 5. The Morgan fingerprint density at radius 2 is 2.06 bits per heavy atom. The van der Waals surface area contributed by atoms with Gasteiger partial charge in [-0.2, -0.15) is 0 Å². The van der Waals surface area contributed by atoms with Crippen molar-refractivity contribution in [2.75, 3.05) is 0 Å². The molecule has 0 aliphatic heterocycles. The molecule has 4 heteroatoms. The van der Waals surface area contributed by atoms with Crippen molar-refractivity contribution in [1.29, 1.82) is 0 Å². The van der Waals surface area contributed by atoms with Crippen molar-refractivity contribution in [2.24, 2.45) is 0 Å². The number of hydrogen-bond donors (Lipinski definition) is 1. The third-order valence-corrected chi connectivity index (χ3v) is 1.65. The van der Waals surface area contributed by atoms with E-state index in [1.54, 1.807) is 18.2 Å². The van der Waals surface area contributed by atoms with E-state index >= 15 is 0 Å². The second-order valence-electron chi connectivity index (χ2n) is 2.84. The number of aliphatic hydroxyl groups excluding tert-OH is 1. The van der Waals surface area contributed by atoms with Crippen LogP contribution in [0.2, 0.25) is 0 Å². The number of carbonyl (C=O) groups excluding carboxylic acids is 1. The van der Waals surface area contributed by atoms with Gasteiger partial charge in [-0.1, -0.05) is 19.2 Å². The van der Waals surface area contributed by atoms with E-state index in [0.29, 0.717) is 11.5 Å². The number of aliphatic hydroxyl groups is 1. The molecule has 0 bridgehead atoms. The van der Waals surface area contributed by atoms with Gasteiger partial charge in [0.2, 0.25) is 6.29 Å². The zero-order chi connectivity index (χ0) is 12.0. The van der Waals surface area contributed by atoms with E-state index < -0.39 is 12.3 Å². The summed E-state index contributed by atoms with van der Waals surface area (Å²) in [6.07, 6.45) is 1.21. The SMILES string of the molecule is C=CC(=O)Oc1cccc(OC(O)C=C)c1. The molecule has 0 spiro atoms. The molecule has 0 aliphatic rings. The molecule has 16 heavy (non-hydrogen) atoms. The minimum Gasteiger partial charge on any atom is -0.461 e. The highest BCUT2D eigenvalue weighted by Crippen LogP contribution is 2.20. The Hall–Kier alpha value is -2.07. The lowest BCUT2D eigenvalue weighted by molar-refractivity contribution is -0.128. The van der Waals surface area contributed by atoms with Crippen LogP contribution >= 0.6 is 0 Å². The van der Waals surface area contributed by atoms with E-state index in [4.69, 9.17) is 14.6 Å². The number of carbonyl (C=O) groups is 1. The molecule has 84 valence electrons. The Labute approximate surface area is 93.4 Å². The zero-order valence-electron chi connectivity index (χ0n) is 8.63. The topological polar surface area (TPSA) is 55.8 Å². The molecule has 1 aromatic rings. The summed E-state index contributed by atoms with van der Waals surface area (Å²) in [4.78, 5) is 10.9. The Bertz CT molecular complexity index is 398. The lowest BCUT2D eigenvalue weighted by Gasteiger charge is -2.10. The van der Waals surface area contributed by atoms with E-state index in [9.17, 15) is 4.79 Å². The monoisotopic (exact) mass is 220 g/mol. The van der Waals surface area contributed by atoms with Gasteiger partial charge < -0.3 is 14.6 Å². The van der Waals surface area contributed by atoms with Gasteiger partial charge >= 0.3 is 5.97 Å². The van der Waals surface area contributed by atoms with E-state index in [2.05, 4.69) is 13.2 Å². The van der Waals surface area contributed by atoms with Crippen LogP contribution in [-0.2, 0) is 4.79 Å². The quantitative estimate of drug-likeness (QED) is 0.269. The van der Waals surface area contributed by atoms with Crippen LogP contribution in [0, 0.1) is 0 Å². The molecule has 0 saturated carbocycles. The van der Waals surface area contributed by atoms with Gasteiger partial charge in [0.25, 0.3) is 0 Å². The van der Waals surface area contributed by atoms with Crippen molar-refractivity contribution in [1.82, 2.24) is 0 Å². The molecule has 0 heterocycles. The molecule has 1 unspecified atom stereocenters. The Balaban J connectivity index is 2.74. The summed E-state index contributed by atoms with van der Waals surface area (Å²) in [5.41, 5.74) is 0. The summed E-state index contributed by atoms with van der Waals surface area (Å²) in [6.45, 7) is 6.65. The maximum absolute atomic E-state index is 10.9. The minimum atomic E-state index is -1.09. The average Bonchev–Trinajstić information content (AvgIpc) is 2.29. The first-order valence-corrected chi connectivity index (χ1v) is 4.57. The van der Waals surface area contributed by atoms with E-state index in [1.165, 1.54) is 12.1 Å². The molecule has 0 amide bonds. The highest BCUT2D eigenvalue weighted by atomic mass is 16.6. The van der Waals surface area contributed by atoms with Gasteiger partial charge in [0, 0.05) is 12.1 Å². The molecule has 0 aromatic heterocycles. The summed E-state index contributed by atoms with van der Waals surface area (Å²) in [5, 5.41) is 9.17. The van der Waals surface area contributed by atoms with Crippen molar-refractivity contribution in [2.45, 2.75) is 6.29 Å². The van der Waals surface area contributed by atoms with Crippen molar-refractivity contribution in [3.63, 3.8) is 0 Å². The molecular formula is C12H12O4. The van der Waals surface area contributed by atoms with Crippen molar-refractivity contribution < 1.29 is 19.4 Å². The molecule has 4 nitrogen and oxygen atoms in total. The number of esters is 1. The van der Waals surface area contributed by atoms with Gasteiger partial charge in [0.1, 0.15) is 11.5 Å². The van der Waals surface area contributed by atoms with Crippen LogP contribution < -0.4 is 9.47 Å². The zero-order valence-corrected chi connectivity index (χ0v) is 8.63. The first-order valence-electron chi connectivity index (χ1n) is 4.57. The average molecular weight is 220 g/mol. The van der Waals surface area contributed by atoms with Gasteiger partial charge in [-0.25, -0.2) is 4.79 Å². The molecule has 0 radical (unpaired) electrons. The number of hydrogen-bond acceptors (Lipinski definition) is 4. The van der Waals surface area contributed by atoms with Gasteiger partial charge in [-0.3, -0.25) is 0 Å². The summed E-state index contributed by atoms with van der Waals surface area (Å²) in [6, 6.07) is 6.33. The Kier molecular flexibility index (Phi) is 4.29. The number of ether oxygens (including phenoxy) is 2. The van der Waals surface area contributed by atoms with Crippen molar-refractivity contribution >= 4 is 5.97 Å². The van der Waals surface area contributed by atoms with E-state index in [0.717, 1.165) is 6.08 Å². The Morgan fingerprint density at radius 1 is 1.38 bits per heavy atom. The van der Waals surface area contributed by atoms with E-state index in [-0.39, 0.29) is 0 Å². The third kappa shape index (κ3) is 3.59. The summed E-state index contributed by atoms with van der Waals surface area (Å²) < 4.78 is 9.91. The van der Waals surface area contributed by atoms with Gasteiger partial charge in [-0.05, 0) is 18.2 Å². The minimum absolute atomic E-state index is 0.318. The predicted octanol–water partition coefficient (Wildman–Crippen LogP) is 1.66. The van der Waals surface area contributed by atoms with Crippen LogP contribution in [0.25, 0.3) is 0 Å². The van der Waals surface area contributed by atoms with Crippen LogP contribution in [-0.4, -0.2) is 17.4 Å². The second-order valence-corrected chi connectivity index (χ2v) is 2.84. The Morgan fingerprint density at radius 3 is 2.69 bits per heavy atom. The summed E-state index contributed by atoms with van der Waals surface area (Å²) >= 11 is 0. The lowest BCUT2D eigenvalue weighted by atomic mass is 10.3. The van der Waals surface area contributed by atoms with Crippen LogP contribution in [0.15, 0.2) is 49.6 Å². The largest absolute Gasteiger partial charge is 0.461 e. The molecule has 0 fully saturated rings. The normalized spacial score (nSPS) is 11.3. The first kappa shape index (κ1) is 12.0. The fraction of sp³-hybridized carbons (Fsp3) is 0.0833. The van der Waals surface area contributed by atoms with Crippen molar-refractivity contribution in [3.05, 3.63) is 49.6 Å². The second kappa shape index (κ2) is 5.72. The number of benzene rings is 1. The predicted molar refractivity (Wildman–Crippen MR) is 59.1 cm³/mol.